The summed E-state index contributed by atoms with van der Waals surface area (Å²) < 4.78 is 24.7. The van der Waals surface area contributed by atoms with Gasteiger partial charge in [-0.1, -0.05) is 12.8 Å². The van der Waals surface area contributed by atoms with E-state index in [2.05, 4.69) is 5.32 Å². The molecule has 1 N–H and O–H groups in total. The molecule has 0 atom stereocenters. The molecule has 0 aromatic rings. The molecule has 0 amide bonds. The highest BCUT2D eigenvalue weighted by Gasteiger charge is 2.37. The van der Waals surface area contributed by atoms with Crippen LogP contribution in [0.2, 0.25) is 0 Å². The minimum atomic E-state index is -2.82. The molecule has 2 aliphatic rings. The summed E-state index contributed by atoms with van der Waals surface area (Å²) in [6, 6.07) is 0.537. The minimum Gasteiger partial charge on any atom is -0.317 e. The van der Waals surface area contributed by atoms with E-state index >= 15 is 0 Å². The molecule has 0 radical (unpaired) electrons. The zero-order valence-electron chi connectivity index (χ0n) is 10.1. The van der Waals surface area contributed by atoms with Crippen LogP contribution in [-0.2, 0) is 9.84 Å². The Morgan fingerprint density at radius 3 is 1.88 bits per heavy atom. The van der Waals surface area contributed by atoms with Crippen molar-refractivity contribution in [2.24, 2.45) is 0 Å². The van der Waals surface area contributed by atoms with Crippen LogP contribution in [0.15, 0.2) is 0 Å². The van der Waals surface area contributed by atoms with E-state index in [1.54, 1.807) is 0 Å². The molecule has 0 saturated heterocycles. The molecule has 4 heteroatoms. The third-order valence-corrected chi connectivity index (χ3v) is 7.12. The Kier molecular flexibility index (Phi) is 3.90. The molecule has 3 nitrogen and oxygen atoms in total. The first-order chi connectivity index (χ1) is 7.64. The monoisotopic (exact) mass is 245 g/mol. The van der Waals surface area contributed by atoms with Gasteiger partial charge in [0.1, 0.15) is 0 Å². The fourth-order valence-electron chi connectivity index (χ4n) is 3.17. The van der Waals surface area contributed by atoms with Crippen molar-refractivity contribution in [3.63, 3.8) is 0 Å². The zero-order chi connectivity index (χ0) is 11.6. The van der Waals surface area contributed by atoms with Crippen molar-refractivity contribution < 1.29 is 8.42 Å². The summed E-state index contributed by atoms with van der Waals surface area (Å²) in [6.07, 6.45) is 7.81. The highest BCUT2D eigenvalue weighted by molar-refractivity contribution is 7.92. The van der Waals surface area contributed by atoms with E-state index in [4.69, 9.17) is 0 Å². The van der Waals surface area contributed by atoms with Crippen LogP contribution in [0.25, 0.3) is 0 Å². The van der Waals surface area contributed by atoms with Crippen LogP contribution in [0.3, 0.4) is 0 Å². The van der Waals surface area contributed by atoms with Crippen LogP contribution in [0.4, 0.5) is 0 Å². The lowest BCUT2D eigenvalue weighted by atomic mass is 9.95. The largest absolute Gasteiger partial charge is 0.317 e. The molecule has 0 spiro atoms. The van der Waals surface area contributed by atoms with Crippen LogP contribution in [0.5, 0.6) is 0 Å². The lowest BCUT2D eigenvalue weighted by Gasteiger charge is -2.29. The van der Waals surface area contributed by atoms with Gasteiger partial charge in [0, 0.05) is 6.04 Å². The summed E-state index contributed by atoms with van der Waals surface area (Å²) in [5, 5.41) is 3.20. The number of nitrogens with one attached hydrogen (secondary N) is 1. The quantitative estimate of drug-likeness (QED) is 0.825. The molecular formula is C12H23NO2S. The lowest BCUT2D eigenvalue weighted by Crippen LogP contribution is -2.38. The normalized spacial score (nSPS) is 33.1. The first-order valence-electron chi connectivity index (χ1n) is 6.54. The molecule has 2 fully saturated rings. The van der Waals surface area contributed by atoms with Gasteiger partial charge in [-0.15, -0.1) is 0 Å². The van der Waals surface area contributed by atoms with Crippen molar-refractivity contribution in [3.05, 3.63) is 0 Å². The third kappa shape index (κ3) is 2.43. The second-order valence-electron chi connectivity index (χ2n) is 5.26. The molecule has 2 aliphatic carbocycles. The van der Waals surface area contributed by atoms with E-state index in [-0.39, 0.29) is 10.5 Å². The first-order valence-corrected chi connectivity index (χ1v) is 8.15. The molecule has 16 heavy (non-hydrogen) atoms. The third-order valence-electron chi connectivity index (χ3n) is 4.31. The maximum atomic E-state index is 12.4. The van der Waals surface area contributed by atoms with Crippen molar-refractivity contribution in [2.45, 2.75) is 67.9 Å². The molecular weight excluding hydrogens is 222 g/mol. The molecule has 94 valence electrons. The summed E-state index contributed by atoms with van der Waals surface area (Å²) in [7, 11) is -0.852. The minimum absolute atomic E-state index is 0.0105. The summed E-state index contributed by atoms with van der Waals surface area (Å²) in [5.74, 6) is 0. The summed E-state index contributed by atoms with van der Waals surface area (Å²) >= 11 is 0. The Hall–Kier alpha value is -0.0900. The fourth-order valence-corrected chi connectivity index (χ4v) is 5.63. The molecule has 0 heterocycles. The maximum Gasteiger partial charge on any atom is 0.156 e. The van der Waals surface area contributed by atoms with E-state index in [1.807, 2.05) is 7.05 Å². The Balaban J connectivity index is 1.97. The molecule has 2 rings (SSSR count). The second-order valence-corrected chi connectivity index (χ2v) is 7.77. The summed E-state index contributed by atoms with van der Waals surface area (Å²) in [4.78, 5) is 0. The molecule has 2 saturated carbocycles. The van der Waals surface area contributed by atoms with Gasteiger partial charge < -0.3 is 5.32 Å². The van der Waals surface area contributed by atoms with Gasteiger partial charge in [0.15, 0.2) is 9.84 Å². The fraction of sp³-hybridized carbons (Fsp3) is 1.00. The molecule has 0 aliphatic heterocycles. The van der Waals surface area contributed by atoms with Gasteiger partial charge in [-0.25, -0.2) is 8.42 Å². The van der Waals surface area contributed by atoms with E-state index in [1.165, 1.54) is 0 Å². The van der Waals surface area contributed by atoms with E-state index in [0.29, 0.717) is 6.04 Å². The Morgan fingerprint density at radius 2 is 1.38 bits per heavy atom. The highest BCUT2D eigenvalue weighted by atomic mass is 32.2. The Morgan fingerprint density at radius 1 is 0.875 bits per heavy atom. The van der Waals surface area contributed by atoms with Crippen molar-refractivity contribution in [2.75, 3.05) is 7.05 Å². The second kappa shape index (κ2) is 5.05. The van der Waals surface area contributed by atoms with Crippen molar-refractivity contribution in [3.8, 4) is 0 Å². The summed E-state index contributed by atoms with van der Waals surface area (Å²) in [5.41, 5.74) is 0. The number of rotatable bonds is 3. The average molecular weight is 245 g/mol. The van der Waals surface area contributed by atoms with E-state index in [9.17, 15) is 8.42 Å². The molecule has 0 aromatic carbocycles. The van der Waals surface area contributed by atoms with Crippen LogP contribution in [-0.4, -0.2) is 32.0 Å². The topological polar surface area (TPSA) is 46.2 Å². The number of sulfone groups is 1. The van der Waals surface area contributed by atoms with Crippen LogP contribution in [0.1, 0.15) is 51.4 Å². The van der Waals surface area contributed by atoms with Crippen molar-refractivity contribution in [1.29, 1.82) is 0 Å². The van der Waals surface area contributed by atoms with Crippen molar-refractivity contribution in [1.82, 2.24) is 5.32 Å². The number of hydrogen-bond acceptors (Lipinski definition) is 3. The van der Waals surface area contributed by atoms with Gasteiger partial charge in [-0.05, 0) is 45.6 Å². The maximum absolute atomic E-state index is 12.4. The summed E-state index contributed by atoms with van der Waals surface area (Å²) in [6.45, 7) is 0. The zero-order valence-corrected chi connectivity index (χ0v) is 10.9. The van der Waals surface area contributed by atoms with Gasteiger partial charge in [0.2, 0.25) is 0 Å². The first kappa shape index (κ1) is 12.4. The average Bonchev–Trinajstić information content (AvgIpc) is 2.83. The van der Waals surface area contributed by atoms with E-state index in [0.717, 1.165) is 51.4 Å². The van der Waals surface area contributed by atoms with Gasteiger partial charge in [0.25, 0.3) is 0 Å². The molecule has 0 aromatic heterocycles. The molecule has 0 bridgehead atoms. The van der Waals surface area contributed by atoms with Gasteiger partial charge in [-0.3, -0.25) is 0 Å². The smallest absolute Gasteiger partial charge is 0.156 e. The van der Waals surface area contributed by atoms with Gasteiger partial charge in [-0.2, -0.15) is 0 Å². The lowest BCUT2D eigenvalue weighted by molar-refractivity contribution is 0.389. The Labute approximate surface area is 98.9 Å². The van der Waals surface area contributed by atoms with Gasteiger partial charge >= 0.3 is 0 Å². The Bertz CT molecular complexity index is 312. The standard InChI is InChI=1S/C12H23NO2S/c1-13-10-6-8-12(9-7-10)16(14,15)11-4-2-3-5-11/h10-13H,2-9H2,1H3. The van der Waals surface area contributed by atoms with E-state index < -0.39 is 9.84 Å². The van der Waals surface area contributed by atoms with Crippen LogP contribution in [0, 0.1) is 0 Å². The predicted octanol–water partition coefficient (Wildman–Crippen LogP) is 1.87. The SMILES string of the molecule is CNC1CCC(S(=O)(=O)C2CCCC2)CC1. The van der Waals surface area contributed by atoms with Crippen molar-refractivity contribution >= 4 is 9.84 Å². The van der Waals surface area contributed by atoms with Crippen LogP contribution < -0.4 is 5.32 Å². The van der Waals surface area contributed by atoms with Crippen LogP contribution >= 0.6 is 0 Å². The predicted molar refractivity (Wildman–Crippen MR) is 66.3 cm³/mol. The number of hydrogen-bond donors (Lipinski definition) is 1. The highest BCUT2D eigenvalue weighted by Crippen LogP contribution is 2.33. The molecule has 0 unspecified atom stereocenters. The van der Waals surface area contributed by atoms with Gasteiger partial charge in [0.05, 0.1) is 10.5 Å².